The maximum absolute atomic E-state index is 11.9. The van der Waals surface area contributed by atoms with E-state index in [-0.39, 0.29) is 30.3 Å². The normalized spacial score (nSPS) is 19.0. The van der Waals surface area contributed by atoms with Crippen LogP contribution in [0.15, 0.2) is 0 Å². The number of ether oxygens (including phenoxy) is 2. The fraction of sp³-hybridized carbons (Fsp3) is 0.812. The summed E-state index contributed by atoms with van der Waals surface area (Å²) in [5.74, 6) is -0.450. The van der Waals surface area contributed by atoms with Crippen molar-refractivity contribution in [2.75, 3.05) is 13.2 Å². The van der Waals surface area contributed by atoms with Crippen LogP contribution in [0.4, 0.5) is 4.79 Å². The zero-order chi connectivity index (χ0) is 17.5. The molecule has 0 bridgehead atoms. The fourth-order valence-corrected chi connectivity index (χ4v) is 2.46. The lowest BCUT2D eigenvalue weighted by Crippen LogP contribution is -2.41. The number of carbonyl (C=O) groups excluding carboxylic acids is 3. The molecule has 2 N–H and O–H groups in total. The van der Waals surface area contributed by atoms with Gasteiger partial charge in [-0.15, -0.1) is 0 Å². The van der Waals surface area contributed by atoms with Gasteiger partial charge in [0.25, 0.3) is 0 Å². The molecule has 7 nitrogen and oxygen atoms in total. The molecule has 23 heavy (non-hydrogen) atoms. The Morgan fingerprint density at radius 3 is 2.61 bits per heavy atom. The Morgan fingerprint density at radius 2 is 2.09 bits per heavy atom. The van der Waals surface area contributed by atoms with E-state index in [0.29, 0.717) is 26.0 Å². The summed E-state index contributed by atoms with van der Waals surface area (Å²) in [6.45, 7) is 8.08. The molecular formula is C16H28N2O5. The standard InChI is InChI=1S/C16H28N2O5/c1-5-22-13(19)7-6-12(10-11-8-9-17-14(11)20)18-15(21)23-16(2,3)4/h11-12H,5-10H2,1-4H3,(H,17,20)(H,18,21)/t11-,12+/m0/s1. The van der Waals surface area contributed by atoms with Gasteiger partial charge in [0.1, 0.15) is 5.60 Å². The lowest BCUT2D eigenvalue weighted by Gasteiger charge is -2.24. The number of rotatable bonds is 7. The predicted molar refractivity (Wildman–Crippen MR) is 84.8 cm³/mol. The van der Waals surface area contributed by atoms with Crippen LogP contribution >= 0.6 is 0 Å². The Bertz CT molecular complexity index is 431. The third kappa shape index (κ3) is 7.85. The van der Waals surface area contributed by atoms with Gasteiger partial charge in [-0.25, -0.2) is 4.79 Å². The van der Waals surface area contributed by atoms with Crippen molar-refractivity contribution in [3.63, 3.8) is 0 Å². The maximum Gasteiger partial charge on any atom is 0.407 e. The lowest BCUT2D eigenvalue weighted by molar-refractivity contribution is -0.143. The average Bonchev–Trinajstić information content (AvgIpc) is 2.79. The van der Waals surface area contributed by atoms with Gasteiger partial charge in [-0.3, -0.25) is 9.59 Å². The van der Waals surface area contributed by atoms with E-state index in [1.807, 2.05) is 0 Å². The monoisotopic (exact) mass is 328 g/mol. The van der Waals surface area contributed by atoms with Gasteiger partial charge in [0, 0.05) is 24.9 Å². The van der Waals surface area contributed by atoms with E-state index in [2.05, 4.69) is 10.6 Å². The van der Waals surface area contributed by atoms with Crippen LogP contribution in [-0.4, -0.2) is 42.8 Å². The predicted octanol–water partition coefficient (Wildman–Crippen LogP) is 1.75. The van der Waals surface area contributed by atoms with Crippen LogP contribution in [0.3, 0.4) is 0 Å². The summed E-state index contributed by atoms with van der Waals surface area (Å²) in [7, 11) is 0. The molecule has 1 aliphatic heterocycles. The number of amides is 2. The Balaban J connectivity index is 2.58. The highest BCUT2D eigenvalue weighted by Gasteiger charge is 2.29. The molecule has 0 aromatic rings. The first-order chi connectivity index (χ1) is 10.7. The first-order valence-electron chi connectivity index (χ1n) is 8.14. The molecule has 0 saturated carbocycles. The number of nitrogens with one attached hydrogen (secondary N) is 2. The zero-order valence-corrected chi connectivity index (χ0v) is 14.4. The molecule has 1 heterocycles. The van der Waals surface area contributed by atoms with Crippen molar-refractivity contribution >= 4 is 18.0 Å². The van der Waals surface area contributed by atoms with Crippen molar-refractivity contribution in [2.24, 2.45) is 5.92 Å². The molecule has 0 radical (unpaired) electrons. The molecule has 0 aromatic carbocycles. The van der Waals surface area contributed by atoms with Crippen LogP contribution in [0.1, 0.15) is 53.4 Å². The lowest BCUT2D eigenvalue weighted by atomic mass is 9.95. The van der Waals surface area contributed by atoms with Crippen LogP contribution in [0.2, 0.25) is 0 Å². The van der Waals surface area contributed by atoms with E-state index in [4.69, 9.17) is 9.47 Å². The second-order valence-electron chi connectivity index (χ2n) is 6.70. The first kappa shape index (κ1) is 19.3. The molecule has 1 rings (SSSR count). The van der Waals surface area contributed by atoms with E-state index >= 15 is 0 Å². The van der Waals surface area contributed by atoms with Crippen LogP contribution in [0.25, 0.3) is 0 Å². The second-order valence-corrected chi connectivity index (χ2v) is 6.70. The molecule has 132 valence electrons. The minimum atomic E-state index is -0.597. The fourth-order valence-electron chi connectivity index (χ4n) is 2.46. The van der Waals surface area contributed by atoms with Gasteiger partial charge >= 0.3 is 12.1 Å². The highest BCUT2D eigenvalue weighted by atomic mass is 16.6. The van der Waals surface area contributed by atoms with Gasteiger partial charge in [-0.1, -0.05) is 0 Å². The third-order valence-corrected chi connectivity index (χ3v) is 3.45. The molecule has 7 heteroatoms. The Labute approximate surface area is 137 Å². The van der Waals surface area contributed by atoms with E-state index in [1.54, 1.807) is 27.7 Å². The van der Waals surface area contributed by atoms with Crippen LogP contribution in [0, 0.1) is 5.92 Å². The second kappa shape index (κ2) is 8.74. The van der Waals surface area contributed by atoms with Crippen molar-refractivity contribution in [1.82, 2.24) is 10.6 Å². The molecule has 0 aromatic heterocycles. The van der Waals surface area contributed by atoms with Crippen molar-refractivity contribution in [1.29, 1.82) is 0 Å². The first-order valence-corrected chi connectivity index (χ1v) is 8.14. The average molecular weight is 328 g/mol. The van der Waals surface area contributed by atoms with E-state index in [9.17, 15) is 14.4 Å². The van der Waals surface area contributed by atoms with Gasteiger partial charge in [0.15, 0.2) is 0 Å². The summed E-state index contributed by atoms with van der Waals surface area (Å²) >= 11 is 0. The van der Waals surface area contributed by atoms with Gasteiger partial charge in [0.2, 0.25) is 5.91 Å². The number of hydrogen-bond acceptors (Lipinski definition) is 5. The highest BCUT2D eigenvalue weighted by Crippen LogP contribution is 2.19. The van der Waals surface area contributed by atoms with Crippen LogP contribution in [-0.2, 0) is 19.1 Å². The summed E-state index contributed by atoms with van der Waals surface area (Å²) in [6.07, 6.45) is 1.31. The molecule has 2 amide bonds. The SMILES string of the molecule is CCOC(=O)CC[C@H](C[C@@H]1CCNC1=O)NC(=O)OC(C)(C)C. The smallest absolute Gasteiger partial charge is 0.407 e. The summed E-state index contributed by atoms with van der Waals surface area (Å²) in [6, 6.07) is -0.303. The summed E-state index contributed by atoms with van der Waals surface area (Å²) in [5, 5.41) is 5.55. The van der Waals surface area contributed by atoms with Crippen molar-refractivity contribution < 1.29 is 23.9 Å². The summed E-state index contributed by atoms with van der Waals surface area (Å²) < 4.78 is 10.2. The molecule has 0 aliphatic carbocycles. The largest absolute Gasteiger partial charge is 0.466 e. The zero-order valence-electron chi connectivity index (χ0n) is 14.4. The molecule has 1 fully saturated rings. The minimum Gasteiger partial charge on any atom is -0.466 e. The molecule has 0 spiro atoms. The number of carbonyl (C=O) groups is 3. The van der Waals surface area contributed by atoms with Crippen molar-refractivity contribution in [3.8, 4) is 0 Å². The molecule has 0 unspecified atom stereocenters. The Kier molecular flexibility index (Phi) is 7.32. The Morgan fingerprint density at radius 1 is 1.39 bits per heavy atom. The molecule has 2 atom stereocenters. The van der Waals surface area contributed by atoms with Gasteiger partial charge in [-0.05, 0) is 47.0 Å². The van der Waals surface area contributed by atoms with Gasteiger partial charge in [-0.2, -0.15) is 0 Å². The topological polar surface area (TPSA) is 93.7 Å². The van der Waals surface area contributed by atoms with E-state index < -0.39 is 11.7 Å². The van der Waals surface area contributed by atoms with Crippen molar-refractivity contribution in [2.45, 2.75) is 65.0 Å². The highest BCUT2D eigenvalue weighted by molar-refractivity contribution is 5.80. The Hall–Kier alpha value is -1.79. The molecular weight excluding hydrogens is 300 g/mol. The third-order valence-electron chi connectivity index (χ3n) is 3.45. The molecule has 1 aliphatic rings. The molecule has 1 saturated heterocycles. The van der Waals surface area contributed by atoms with Crippen LogP contribution < -0.4 is 10.6 Å². The van der Waals surface area contributed by atoms with Gasteiger partial charge in [0.05, 0.1) is 6.61 Å². The quantitative estimate of drug-likeness (QED) is 0.694. The van der Waals surface area contributed by atoms with Crippen LogP contribution in [0.5, 0.6) is 0 Å². The number of hydrogen-bond donors (Lipinski definition) is 2. The van der Waals surface area contributed by atoms with E-state index in [0.717, 1.165) is 6.42 Å². The van der Waals surface area contributed by atoms with Gasteiger partial charge < -0.3 is 20.1 Å². The summed E-state index contributed by atoms with van der Waals surface area (Å²) in [5.41, 5.74) is -0.597. The number of alkyl carbamates (subject to hydrolysis) is 1. The van der Waals surface area contributed by atoms with E-state index in [1.165, 1.54) is 0 Å². The number of esters is 1. The minimum absolute atomic E-state index is 0.00266. The van der Waals surface area contributed by atoms with Crippen molar-refractivity contribution in [3.05, 3.63) is 0 Å². The maximum atomic E-state index is 11.9. The summed E-state index contributed by atoms with van der Waals surface area (Å²) in [4.78, 5) is 35.2.